The number of anilines is 1. The second kappa shape index (κ2) is 5.50. The van der Waals surface area contributed by atoms with Gasteiger partial charge in [-0.2, -0.15) is 0 Å². The monoisotopic (exact) mass is 292 g/mol. The lowest BCUT2D eigenvalue weighted by atomic mass is 10.1. The molecule has 1 unspecified atom stereocenters. The quantitative estimate of drug-likeness (QED) is 0.900. The normalized spacial score (nSPS) is 12.6. The SMILES string of the molecule is CCC(C)CNc1cccc2cc(Br)cnc12. The summed E-state index contributed by atoms with van der Waals surface area (Å²) in [6.45, 7) is 5.46. The lowest BCUT2D eigenvalue weighted by Gasteiger charge is -2.12. The van der Waals surface area contributed by atoms with Crippen LogP contribution in [0.3, 0.4) is 0 Å². The molecule has 0 aliphatic carbocycles. The average Bonchev–Trinajstić information content (AvgIpc) is 2.35. The number of hydrogen-bond donors (Lipinski definition) is 1. The Morgan fingerprint density at radius 3 is 3.00 bits per heavy atom. The van der Waals surface area contributed by atoms with Crippen molar-refractivity contribution in [2.45, 2.75) is 20.3 Å². The standard InChI is InChI=1S/C14H17BrN2/c1-3-10(2)8-16-13-6-4-5-11-7-12(15)9-17-14(11)13/h4-7,9-10,16H,3,8H2,1-2H3. The van der Waals surface area contributed by atoms with Gasteiger partial charge in [0.25, 0.3) is 0 Å². The molecule has 0 radical (unpaired) electrons. The van der Waals surface area contributed by atoms with Gasteiger partial charge >= 0.3 is 0 Å². The number of rotatable bonds is 4. The van der Waals surface area contributed by atoms with Crippen LogP contribution in [0, 0.1) is 5.92 Å². The fourth-order valence-electron chi connectivity index (χ4n) is 1.71. The number of fused-ring (bicyclic) bond motifs is 1. The highest BCUT2D eigenvalue weighted by Crippen LogP contribution is 2.24. The molecule has 17 heavy (non-hydrogen) atoms. The lowest BCUT2D eigenvalue weighted by molar-refractivity contribution is 0.594. The van der Waals surface area contributed by atoms with Crippen LogP contribution < -0.4 is 5.32 Å². The van der Waals surface area contributed by atoms with E-state index in [9.17, 15) is 0 Å². The minimum absolute atomic E-state index is 0.681. The number of hydrogen-bond acceptors (Lipinski definition) is 2. The van der Waals surface area contributed by atoms with Crippen molar-refractivity contribution in [3.8, 4) is 0 Å². The third-order valence-electron chi connectivity index (χ3n) is 3.02. The maximum absolute atomic E-state index is 4.48. The van der Waals surface area contributed by atoms with Crippen molar-refractivity contribution in [1.29, 1.82) is 0 Å². The molecule has 90 valence electrons. The summed E-state index contributed by atoms with van der Waals surface area (Å²) >= 11 is 3.45. The van der Waals surface area contributed by atoms with Crippen LogP contribution in [0.1, 0.15) is 20.3 Å². The summed E-state index contributed by atoms with van der Waals surface area (Å²) in [5.41, 5.74) is 2.16. The van der Waals surface area contributed by atoms with E-state index in [0.29, 0.717) is 5.92 Å². The van der Waals surface area contributed by atoms with E-state index < -0.39 is 0 Å². The van der Waals surface area contributed by atoms with Crippen molar-refractivity contribution >= 4 is 32.5 Å². The molecule has 2 aromatic rings. The van der Waals surface area contributed by atoms with Gasteiger partial charge in [0.1, 0.15) is 0 Å². The van der Waals surface area contributed by atoms with Crippen molar-refractivity contribution < 1.29 is 0 Å². The minimum Gasteiger partial charge on any atom is -0.383 e. The Morgan fingerprint density at radius 1 is 1.41 bits per heavy atom. The Bertz CT molecular complexity index is 511. The molecule has 1 N–H and O–H groups in total. The van der Waals surface area contributed by atoms with E-state index in [0.717, 1.165) is 27.6 Å². The Balaban J connectivity index is 2.28. The molecule has 2 nitrogen and oxygen atoms in total. The number of para-hydroxylation sites is 1. The van der Waals surface area contributed by atoms with E-state index in [1.165, 1.54) is 6.42 Å². The van der Waals surface area contributed by atoms with Crippen LogP contribution in [-0.2, 0) is 0 Å². The number of nitrogens with zero attached hydrogens (tertiary/aromatic N) is 1. The van der Waals surface area contributed by atoms with Gasteiger partial charge in [-0.25, -0.2) is 0 Å². The predicted octanol–water partition coefficient (Wildman–Crippen LogP) is 4.46. The molecule has 0 fully saturated rings. The summed E-state index contributed by atoms with van der Waals surface area (Å²) < 4.78 is 1.02. The van der Waals surface area contributed by atoms with Crippen LogP contribution in [0.15, 0.2) is 34.9 Å². The van der Waals surface area contributed by atoms with Crippen LogP contribution in [0.2, 0.25) is 0 Å². The third-order valence-corrected chi connectivity index (χ3v) is 3.45. The van der Waals surface area contributed by atoms with E-state index in [1.807, 2.05) is 6.20 Å². The van der Waals surface area contributed by atoms with Crippen molar-refractivity contribution in [2.75, 3.05) is 11.9 Å². The van der Waals surface area contributed by atoms with Gasteiger partial charge in [-0.3, -0.25) is 4.98 Å². The van der Waals surface area contributed by atoms with E-state index in [1.54, 1.807) is 0 Å². The highest BCUT2D eigenvalue weighted by Gasteiger charge is 2.04. The molecule has 0 saturated carbocycles. The second-order valence-electron chi connectivity index (χ2n) is 4.43. The summed E-state index contributed by atoms with van der Waals surface area (Å²) in [6.07, 6.45) is 3.04. The Morgan fingerprint density at radius 2 is 2.24 bits per heavy atom. The summed E-state index contributed by atoms with van der Waals surface area (Å²) in [6, 6.07) is 8.33. The summed E-state index contributed by atoms with van der Waals surface area (Å²) in [4.78, 5) is 4.48. The fourth-order valence-corrected chi connectivity index (χ4v) is 2.05. The number of pyridine rings is 1. The molecule has 0 spiro atoms. The maximum Gasteiger partial charge on any atom is 0.0934 e. The molecule has 0 saturated heterocycles. The molecule has 3 heteroatoms. The summed E-state index contributed by atoms with van der Waals surface area (Å²) in [5, 5.41) is 4.64. The van der Waals surface area contributed by atoms with Gasteiger partial charge in [0, 0.05) is 22.6 Å². The van der Waals surface area contributed by atoms with Gasteiger partial charge < -0.3 is 5.32 Å². The van der Waals surface area contributed by atoms with Crippen LogP contribution in [0.4, 0.5) is 5.69 Å². The van der Waals surface area contributed by atoms with E-state index in [4.69, 9.17) is 0 Å². The van der Waals surface area contributed by atoms with Gasteiger partial charge in [0.2, 0.25) is 0 Å². The molecule has 0 bridgehead atoms. The molecular weight excluding hydrogens is 276 g/mol. The first-order chi connectivity index (χ1) is 8.20. The smallest absolute Gasteiger partial charge is 0.0934 e. The second-order valence-corrected chi connectivity index (χ2v) is 5.34. The summed E-state index contributed by atoms with van der Waals surface area (Å²) in [5.74, 6) is 0.681. The molecule has 0 aliphatic heterocycles. The van der Waals surface area contributed by atoms with Gasteiger partial charge in [-0.1, -0.05) is 32.4 Å². The van der Waals surface area contributed by atoms with Crippen molar-refractivity contribution in [2.24, 2.45) is 5.92 Å². The highest BCUT2D eigenvalue weighted by molar-refractivity contribution is 9.10. The Kier molecular flexibility index (Phi) is 4.00. The van der Waals surface area contributed by atoms with Gasteiger partial charge in [0.15, 0.2) is 0 Å². The fraction of sp³-hybridized carbons (Fsp3) is 0.357. The largest absolute Gasteiger partial charge is 0.383 e. The van der Waals surface area contributed by atoms with Crippen LogP contribution in [0.5, 0.6) is 0 Å². The maximum atomic E-state index is 4.48. The van der Waals surface area contributed by atoms with Crippen LogP contribution >= 0.6 is 15.9 Å². The number of nitrogens with one attached hydrogen (secondary N) is 1. The topological polar surface area (TPSA) is 24.9 Å². The molecular formula is C14H17BrN2. The number of benzene rings is 1. The molecule has 1 atom stereocenters. The van der Waals surface area contributed by atoms with Crippen LogP contribution in [-0.4, -0.2) is 11.5 Å². The average molecular weight is 293 g/mol. The van der Waals surface area contributed by atoms with Crippen molar-refractivity contribution in [3.63, 3.8) is 0 Å². The highest BCUT2D eigenvalue weighted by atomic mass is 79.9. The van der Waals surface area contributed by atoms with E-state index in [-0.39, 0.29) is 0 Å². The predicted molar refractivity (Wildman–Crippen MR) is 77.4 cm³/mol. The first kappa shape index (κ1) is 12.4. The van der Waals surface area contributed by atoms with Gasteiger partial charge in [-0.05, 0) is 34.0 Å². The van der Waals surface area contributed by atoms with Gasteiger partial charge in [-0.15, -0.1) is 0 Å². The zero-order valence-corrected chi connectivity index (χ0v) is 11.8. The van der Waals surface area contributed by atoms with Gasteiger partial charge in [0.05, 0.1) is 11.2 Å². The first-order valence-electron chi connectivity index (χ1n) is 5.99. The van der Waals surface area contributed by atoms with Crippen molar-refractivity contribution in [3.05, 3.63) is 34.9 Å². The third kappa shape index (κ3) is 2.97. The molecule has 1 aromatic heterocycles. The molecule has 1 aromatic carbocycles. The molecule has 0 aliphatic rings. The van der Waals surface area contributed by atoms with E-state index >= 15 is 0 Å². The molecule has 1 heterocycles. The molecule has 0 amide bonds. The Labute approximate surface area is 111 Å². The zero-order chi connectivity index (χ0) is 12.3. The first-order valence-corrected chi connectivity index (χ1v) is 6.78. The zero-order valence-electron chi connectivity index (χ0n) is 10.2. The minimum atomic E-state index is 0.681. The summed E-state index contributed by atoms with van der Waals surface area (Å²) in [7, 11) is 0. The number of aromatic nitrogens is 1. The lowest BCUT2D eigenvalue weighted by Crippen LogP contribution is -2.10. The number of halogens is 1. The van der Waals surface area contributed by atoms with Crippen molar-refractivity contribution in [1.82, 2.24) is 4.98 Å². The van der Waals surface area contributed by atoms with Crippen LogP contribution in [0.25, 0.3) is 10.9 Å². The molecule has 2 rings (SSSR count). The Hall–Kier alpha value is -1.09. The van der Waals surface area contributed by atoms with E-state index in [2.05, 4.69) is 64.3 Å².